The second-order valence-corrected chi connectivity index (χ2v) is 4.33. The molecule has 0 radical (unpaired) electrons. The normalized spacial score (nSPS) is 11.8. The first-order chi connectivity index (χ1) is 9.43. The second kappa shape index (κ2) is 7.61. The Bertz CT molecular complexity index is 497. The Balaban J connectivity index is 2.67. The fraction of sp³-hybridized carbons (Fsp3) is 0.455. The van der Waals surface area contributed by atoms with Crippen molar-refractivity contribution in [2.45, 2.75) is 13.0 Å². The van der Waals surface area contributed by atoms with Crippen LogP contribution in [0.25, 0.3) is 0 Å². The molecule has 1 amide bonds. The summed E-state index contributed by atoms with van der Waals surface area (Å²) in [4.78, 5) is 25.7. The molecule has 1 heterocycles. The number of pyridine rings is 1. The number of hydrogen-bond acceptors (Lipinski definition) is 6. The van der Waals surface area contributed by atoms with E-state index in [1.165, 1.54) is 13.2 Å². The number of hydrogen-bond donors (Lipinski definition) is 2. The van der Waals surface area contributed by atoms with E-state index in [2.05, 4.69) is 15.6 Å². The number of nitrogens with one attached hydrogen (secondary N) is 2. The van der Waals surface area contributed by atoms with E-state index in [-0.39, 0.29) is 22.6 Å². The van der Waals surface area contributed by atoms with Gasteiger partial charge in [-0.25, -0.2) is 4.98 Å². The molecule has 0 aliphatic heterocycles. The van der Waals surface area contributed by atoms with Crippen LogP contribution < -0.4 is 10.6 Å². The molecule has 2 N–H and O–H groups in total. The highest BCUT2D eigenvalue weighted by molar-refractivity contribution is 6.29. The first-order valence-corrected chi connectivity index (χ1v) is 6.17. The van der Waals surface area contributed by atoms with Crippen LogP contribution in [0.2, 0.25) is 5.15 Å². The van der Waals surface area contributed by atoms with Crippen LogP contribution in [0.1, 0.15) is 6.92 Å². The van der Waals surface area contributed by atoms with E-state index in [0.717, 1.165) is 6.07 Å². The lowest BCUT2D eigenvalue weighted by Crippen LogP contribution is -2.39. The van der Waals surface area contributed by atoms with Crippen LogP contribution in [0, 0.1) is 10.1 Å². The molecule has 110 valence electrons. The third-order valence-electron chi connectivity index (χ3n) is 2.35. The third-order valence-corrected chi connectivity index (χ3v) is 2.55. The standard InChI is InChI=1S/C11H15ClN4O4/c1-7(11(17)13-3-4-20-2)14-10-6-8(16(18)19)5-9(12)15-10/h5-7H,3-4H2,1-2H3,(H,13,17)(H,14,15). The molecule has 8 nitrogen and oxygen atoms in total. The van der Waals surface area contributed by atoms with Crippen molar-refractivity contribution in [2.24, 2.45) is 0 Å². The molecule has 0 saturated heterocycles. The van der Waals surface area contributed by atoms with E-state index in [0.29, 0.717) is 13.2 Å². The number of halogens is 1. The third kappa shape index (κ3) is 4.98. The largest absolute Gasteiger partial charge is 0.383 e. The summed E-state index contributed by atoms with van der Waals surface area (Å²) in [5.74, 6) is -0.106. The number of carbonyl (C=O) groups is 1. The summed E-state index contributed by atoms with van der Waals surface area (Å²) >= 11 is 5.69. The van der Waals surface area contributed by atoms with Gasteiger partial charge >= 0.3 is 0 Å². The molecule has 0 aliphatic carbocycles. The molecule has 1 unspecified atom stereocenters. The minimum Gasteiger partial charge on any atom is -0.383 e. The molecule has 0 bridgehead atoms. The molecule has 0 aliphatic rings. The van der Waals surface area contributed by atoms with Crippen LogP contribution in [-0.4, -0.2) is 42.1 Å². The highest BCUT2D eigenvalue weighted by atomic mass is 35.5. The highest BCUT2D eigenvalue weighted by Gasteiger charge is 2.15. The SMILES string of the molecule is COCCNC(=O)C(C)Nc1cc([N+](=O)[O-])cc(Cl)n1. The van der Waals surface area contributed by atoms with Gasteiger partial charge in [0.1, 0.15) is 17.0 Å². The van der Waals surface area contributed by atoms with E-state index in [9.17, 15) is 14.9 Å². The minimum atomic E-state index is -0.613. The summed E-state index contributed by atoms with van der Waals surface area (Å²) in [7, 11) is 1.53. The number of anilines is 1. The number of amides is 1. The average molecular weight is 303 g/mol. The van der Waals surface area contributed by atoms with E-state index >= 15 is 0 Å². The molecule has 1 rings (SSSR count). The Morgan fingerprint density at radius 3 is 2.90 bits per heavy atom. The number of nitrogens with zero attached hydrogens (tertiary/aromatic N) is 2. The fourth-order valence-electron chi connectivity index (χ4n) is 1.38. The Morgan fingerprint density at radius 2 is 2.30 bits per heavy atom. The monoisotopic (exact) mass is 302 g/mol. The van der Waals surface area contributed by atoms with Gasteiger partial charge in [0.2, 0.25) is 5.91 Å². The number of methoxy groups -OCH3 is 1. The van der Waals surface area contributed by atoms with Crippen LogP contribution in [0.5, 0.6) is 0 Å². The molecule has 0 spiro atoms. The second-order valence-electron chi connectivity index (χ2n) is 3.94. The lowest BCUT2D eigenvalue weighted by Gasteiger charge is -2.14. The summed E-state index contributed by atoms with van der Waals surface area (Å²) < 4.78 is 4.81. The summed E-state index contributed by atoms with van der Waals surface area (Å²) in [5, 5.41) is 16.1. The highest BCUT2D eigenvalue weighted by Crippen LogP contribution is 2.20. The van der Waals surface area contributed by atoms with Gasteiger partial charge < -0.3 is 15.4 Å². The maximum absolute atomic E-state index is 11.7. The summed E-state index contributed by atoms with van der Waals surface area (Å²) in [6, 6.07) is 1.73. The van der Waals surface area contributed by atoms with Gasteiger partial charge in [0, 0.05) is 13.7 Å². The maximum Gasteiger partial charge on any atom is 0.276 e. The van der Waals surface area contributed by atoms with Gasteiger partial charge in [0.15, 0.2) is 0 Å². The van der Waals surface area contributed by atoms with Gasteiger partial charge in [-0.05, 0) is 6.92 Å². The zero-order valence-electron chi connectivity index (χ0n) is 11.1. The van der Waals surface area contributed by atoms with Crippen molar-refractivity contribution in [3.8, 4) is 0 Å². The fourth-order valence-corrected chi connectivity index (χ4v) is 1.58. The molecule has 0 fully saturated rings. The van der Waals surface area contributed by atoms with Crippen LogP contribution in [-0.2, 0) is 9.53 Å². The van der Waals surface area contributed by atoms with Crippen molar-refractivity contribution in [1.29, 1.82) is 0 Å². The Morgan fingerprint density at radius 1 is 1.60 bits per heavy atom. The number of rotatable bonds is 7. The van der Waals surface area contributed by atoms with Crippen molar-refractivity contribution < 1.29 is 14.5 Å². The molecular formula is C11H15ClN4O4. The summed E-state index contributed by atoms with van der Waals surface area (Å²) in [5.41, 5.74) is -0.195. The predicted octanol–water partition coefficient (Wildman–Crippen LogP) is 1.21. The van der Waals surface area contributed by atoms with Crippen LogP contribution in [0.4, 0.5) is 11.5 Å². The van der Waals surface area contributed by atoms with Crippen molar-refractivity contribution in [1.82, 2.24) is 10.3 Å². The van der Waals surface area contributed by atoms with Crippen LogP contribution >= 0.6 is 11.6 Å². The lowest BCUT2D eigenvalue weighted by atomic mass is 10.3. The van der Waals surface area contributed by atoms with Gasteiger partial charge in [-0.2, -0.15) is 0 Å². The Labute approximate surface area is 120 Å². The topological polar surface area (TPSA) is 106 Å². The first-order valence-electron chi connectivity index (χ1n) is 5.79. The Kier molecular flexibility index (Phi) is 6.13. The number of carbonyl (C=O) groups excluding carboxylic acids is 1. The van der Waals surface area contributed by atoms with E-state index in [1.54, 1.807) is 6.92 Å². The van der Waals surface area contributed by atoms with Gasteiger partial charge in [-0.1, -0.05) is 11.6 Å². The van der Waals surface area contributed by atoms with E-state index in [1.807, 2.05) is 0 Å². The zero-order valence-corrected chi connectivity index (χ0v) is 11.8. The molecule has 0 aromatic carbocycles. The summed E-state index contributed by atoms with van der Waals surface area (Å²) in [6.07, 6.45) is 0. The molecule has 0 saturated carbocycles. The molecule has 9 heteroatoms. The van der Waals surface area contributed by atoms with E-state index < -0.39 is 11.0 Å². The van der Waals surface area contributed by atoms with Gasteiger partial charge in [0.25, 0.3) is 5.69 Å². The first kappa shape index (κ1) is 16.1. The van der Waals surface area contributed by atoms with Crippen molar-refractivity contribution >= 4 is 29.0 Å². The molecule has 1 aromatic rings. The zero-order chi connectivity index (χ0) is 15.1. The van der Waals surface area contributed by atoms with Crippen molar-refractivity contribution in [3.05, 3.63) is 27.4 Å². The quantitative estimate of drug-likeness (QED) is 0.339. The number of ether oxygens (including phenoxy) is 1. The predicted molar refractivity (Wildman–Crippen MR) is 73.9 cm³/mol. The summed E-state index contributed by atoms with van der Waals surface area (Å²) in [6.45, 7) is 2.39. The smallest absolute Gasteiger partial charge is 0.276 e. The minimum absolute atomic E-state index is 0.0197. The molecular weight excluding hydrogens is 288 g/mol. The van der Waals surface area contributed by atoms with Crippen molar-refractivity contribution in [2.75, 3.05) is 25.6 Å². The molecule has 1 atom stereocenters. The Hall–Kier alpha value is -1.93. The maximum atomic E-state index is 11.7. The molecule has 20 heavy (non-hydrogen) atoms. The van der Waals surface area contributed by atoms with Crippen LogP contribution in [0.3, 0.4) is 0 Å². The van der Waals surface area contributed by atoms with Crippen molar-refractivity contribution in [3.63, 3.8) is 0 Å². The van der Waals surface area contributed by atoms with Gasteiger partial charge in [-0.3, -0.25) is 14.9 Å². The van der Waals surface area contributed by atoms with Gasteiger partial charge in [0.05, 0.1) is 23.7 Å². The van der Waals surface area contributed by atoms with E-state index in [4.69, 9.17) is 16.3 Å². The average Bonchev–Trinajstić information content (AvgIpc) is 2.38. The number of aromatic nitrogens is 1. The van der Waals surface area contributed by atoms with Gasteiger partial charge in [-0.15, -0.1) is 0 Å². The number of nitro groups is 1. The molecule has 1 aromatic heterocycles. The lowest BCUT2D eigenvalue weighted by molar-refractivity contribution is -0.384. The van der Waals surface area contributed by atoms with Crippen LogP contribution in [0.15, 0.2) is 12.1 Å².